The number of aliphatic hydroxyl groups is 1. The third kappa shape index (κ3) is 6.09. The molecule has 0 radical (unpaired) electrons. The molecule has 0 spiro atoms. The molecule has 1 aliphatic carbocycles. The van der Waals surface area contributed by atoms with Crippen molar-refractivity contribution < 1.29 is 9.90 Å². The van der Waals surface area contributed by atoms with E-state index < -0.39 is 12.1 Å². The average Bonchev–Trinajstić information content (AvgIpc) is 2.38. The highest BCUT2D eigenvalue weighted by atomic mass is 16.3. The van der Waals surface area contributed by atoms with Crippen LogP contribution in [0.25, 0.3) is 0 Å². The van der Waals surface area contributed by atoms with Crippen molar-refractivity contribution in [1.29, 1.82) is 0 Å². The molecule has 5 heteroatoms. The second kappa shape index (κ2) is 8.47. The van der Waals surface area contributed by atoms with Crippen molar-refractivity contribution in [1.82, 2.24) is 4.90 Å². The van der Waals surface area contributed by atoms with Gasteiger partial charge < -0.3 is 21.5 Å². The molecule has 1 aliphatic rings. The largest absolute Gasteiger partial charge is 0.390 e. The van der Waals surface area contributed by atoms with Crippen LogP contribution in [0.4, 0.5) is 4.79 Å². The van der Waals surface area contributed by atoms with Gasteiger partial charge in [0.1, 0.15) is 0 Å². The second-order valence-electron chi connectivity index (χ2n) is 6.61. The Hall–Kier alpha value is -0.810. The average molecular weight is 285 g/mol. The van der Waals surface area contributed by atoms with Crippen LogP contribution in [0.15, 0.2) is 0 Å². The first kappa shape index (κ1) is 17.2. The van der Waals surface area contributed by atoms with E-state index in [1.165, 1.54) is 37.0 Å². The smallest absolute Gasteiger partial charge is 0.314 e. The first-order valence-corrected chi connectivity index (χ1v) is 7.88. The fourth-order valence-corrected chi connectivity index (χ4v) is 3.02. The zero-order chi connectivity index (χ0) is 15.1. The molecule has 0 aromatic heterocycles. The number of carbonyl (C=O) groups is 1. The Kier molecular flexibility index (Phi) is 7.30. The molecule has 20 heavy (non-hydrogen) atoms. The van der Waals surface area contributed by atoms with Crippen molar-refractivity contribution >= 4 is 6.03 Å². The van der Waals surface area contributed by atoms with Crippen molar-refractivity contribution in [3.8, 4) is 0 Å². The number of carbonyl (C=O) groups excluding carboxylic acids is 1. The van der Waals surface area contributed by atoms with E-state index in [0.717, 1.165) is 6.42 Å². The van der Waals surface area contributed by atoms with E-state index in [1.54, 1.807) is 0 Å². The highest BCUT2D eigenvalue weighted by molar-refractivity contribution is 5.72. The molecular weight excluding hydrogens is 254 g/mol. The Morgan fingerprint density at radius 3 is 2.35 bits per heavy atom. The van der Waals surface area contributed by atoms with Gasteiger partial charge in [0.25, 0.3) is 0 Å². The van der Waals surface area contributed by atoms with E-state index in [9.17, 15) is 9.90 Å². The topological polar surface area (TPSA) is 92.6 Å². The summed E-state index contributed by atoms with van der Waals surface area (Å²) >= 11 is 0. The summed E-state index contributed by atoms with van der Waals surface area (Å²) in [6.45, 7) is 4.83. The molecule has 0 bridgehead atoms. The number of nitrogens with two attached hydrogens (primary N) is 2. The summed E-state index contributed by atoms with van der Waals surface area (Å²) in [6, 6.07) is -0.755. The van der Waals surface area contributed by atoms with Gasteiger partial charge in [-0.05, 0) is 18.3 Å². The Bertz CT molecular complexity index is 291. The maximum absolute atomic E-state index is 11.4. The van der Waals surface area contributed by atoms with Gasteiger partial charge in [-0.15, -0.1) is 0 Å². The van der Waals surface area contributed by atoms with Gasteiger partial charge >= 0.3 is 6.03 Å². The van der Waals surface area contributed by atoms with E-state index in [2.05, 4.69) is 0 Å². The van der Waals surface area contributed by atoms with Crippen molar-refractivity contribution in [3.05, 3.63) is 0 Å². The number of amides is 2. The lowest BCUT2D eigenvalue weighted by Crippen LogP contribution is -2.48. The summed E-state index contributed by atoms with van der Waals surface area (Å²) in [4.78, 5) is 12.9. The lowest BCUT2D eigenvalue weighted by atomic mass is 9.84. The predicted molar refractivity (Wildman–Crippen MR) is 81.2 cm³/mol. The van der Waals surface area contributed by atoms with E-state index in [4.69, 9.17) is 11.5 Å². The molecule has 1 rings (SSSR count). The summed E-state index contributed by atoms with van der Waals surface area (Å²) in [5.41, 5.74) is 11.5. The Morgan fingerprint density at radius 2 is 1.85 bits per heavy atom. The molecular formula is C15H31N3O2. The molecule has 2 atom stereocenters. The van der Waals surface area contributed by atoms with Crippen LogP contribution in [-0.4, -0.2) is 41.3 Å². The highest BCUT2D eigenvalue weighted by Crippen LogP contribution is 2.27. The monoisotopic (exact) mass is 285 g/mol. The van der Waals surface area contributed by atoms with Gasteiger partial charge in [-0.25, -0.2) is 4.79 Å². The van der Waals surface area contributed by atoms with E-state index in [0.29, 0.717) is 18.4 Å². The number of aliphatic hydroxyl groups excluding tert-OH is 1. The molecule has 1 saturated carbocycles. The molecule has 5 nitrogen and oxygen atoms in total. The molecule has 2 amide bonds. The summed E-state index contributed by atoms with van der Waals surface area (Å²) < 4.78 is 0. The van der Waals surface area contributed by atoms with Crippen LogP contribution < -0.4 is 11.5 Å². The number of hydrogen-bond acceptors (Lipinski definition) is 3. The minimum Gasteiger partial charge on any atom is -0.390 e. The standard InChI is InChI=1S/C15H31N3O2/c1-11(2)9-18(15(17)20)10-14(19)13(16)8-12-6-4-3-5-7-12/h11-14,19H,3-10,16H2,1-2H3,(H2,17,20). The quantitative estimate of drug-likeness (QED) is 0.664. The van der Waals surface area contributed by atoms with Crippen molar-refractivity contribution in [2.24, 2.45) is 23.3 Å². The SMILES string of the molecule is CC(C)CN(CC(O)C(N)CC1CCCCC1)C(N)=O. The van der Waals surface area contributed by atoms with Crippen molar-refractivity contribution in [2.75, 3.05) is 13.1 Å². The van der Waals surface area contributed by atoms with Gasteiger partial charge in [0.15, 0.2) is 0 Å². The van der Waals surface area contributed by atoms with Gasteiger partial charge in [0, 0.05) is 19.1 Å². The fraction of sp³-hybridized carbons (Fsp3) is 0.933. The van der Waals surface area contributed by atoms with Crippen LogP contribution in [0.3, 0.4) is 0 Å². The molecule has 118 valence electrons. The highest BCUT2D eigenvalue weighted by Gasteiger charge is 2.24. The number of primary amides is 1. The van der Waals surface area contributed by atoms with E-state index in [1.807, 2.05) is 13.8 Å². The summed E-state index contributed by atoms with van der Waals surface area (Å²) in [5, 5.41) is 10.2. The lowest BCUT2D eigenvalue weighted by molar-refractivity contribution is 0.0879. The van der Waals surface area contributed by atoms with Crippen LogP contribution in [0.5, 0.6) is 0 Å². The fourth-order valence-electron chi connectivity index (χ4n) is 3.02. The van der Waals surface area contributed by atoms with Crippen LogP contribution in [0, 0.1) is 11.8 Å². The minimum atomic E-state index is -0.692. The van der Waals surface area contributed by atoms with Crippen LogP contribution in [-0.2, 0) is 0 Å². The molecule has 0 heterocycles. The number of urea groups is 1. The normalized spacial score (nSPS) is 19.9. The van der Waals surface area contributed by atoms with Crippen LogP contribution >= 0.6 is 0 Å². The molecule has 1 fully saturated rings. The van der Waals surface area contributed by atoms with Gasteiger partial charge in [0.05, 0.1) is 6.10 Å². The Morgan fingerprint density at radius 1 is 1.25 bits per heavy atom. The minimum absolute atomic E-state index is 0.238. The number of hydrogen-bond donors (Lipinski definition) is 3. The molecule has 0 aromatic carbocycles. The zero-order valence-corrected chi connectivity index (χ0v) is 12.9. The second-order valence-corrected chi connectivity index (χ2v) is 6.61. The lowest BCUT2D eigenvalue weighted by Gasteiger charge is -2.30. The first-order chi connectivity index (χ1) is 9.40. The molecule has 0 saturated heterocycles. The molecule has 0 aromatic rings. The van der Waals surface area contributed by atoms with Crippen LogP contribution in [0.2, 0.25) is 0 Å². The van der Waals surface area contributed by atoms with Crippen molar-refractivity contribution in [3.63, 3.8) is 0 Å². The van der Waals surface area contributed by atoms with Crippen LogP contribution in [0.1, 0.15) is 52.4 Å². The number of nitrogens with zero attached hydrogens (tertiary/aromatic N) is 1. The van der Waals surface area contributed by atoms with Gasteiger partial charge in [-0.2, -0.15) is 0 Å². The molecule has 5 N–H and O–H groups in total. The first-order valence-electron chi connectivity index (χ1n) is 7.88. The van der Waals surface area contributed by atoms with Gasteiger partial charge in [-0.3, -0.25) is 0 Å². The van der Waals surface area contributed by atoms with Gasteiger partial charge in [0.2, 0.25) is 0 Å². The predicted octanol–water partition coefficient (Wildman–Crippen LogP) is 1.68. The Balaban J connectivity index is 2.41. The van der Waals surface area contributed by atoms with Crippen molar-refractivity contribution in [2.45, 2.75) is 64.5 Å². The zero-order valence-electron chi connectivity index (χ0n) is 12.9. The third-order valence-corrected chi connectivity index (χ3v) is 4.13. The maximum atomic E-state index is 11.4. The third-order valence-electron chi connectivity index (χ3n) is 4.13. The number of rotatable bonds is 7. The summed E-state index contributed by atoms with van der Waals surface area (Å²) in [6.07, 6.45) is 6.44. The maximum Gasteiger partial charge on any atom is 0.314 e. The molecule has 0 aliphatic heterocycles. The van der Waals surface area contributed by atoms with E-state index >= 15 is 0 Å². The molecule has 2 unspecified atom stereocenters. The summed E-state index contributed by atoms with van der Waals surface area (Å²) in [7, 11) is 0. The Labute approximate surface area is 122 Å². The van der Waals surface area contributed by atoms with E-state index in [-0.39, 0.29) is 12.6 Å². The van der Waals surface area contributed by atoms with Gasteiger partial charge in [-0.1, -0.05) is 46.0 Å². The summed E-state index contributed by atoms with van der Waals surface area (Å²) in [5.74, 6) is 0.949.